The van der Waals surface area contributed by atoms with Gasteiger partial charge in [-0.1, -0.05) is 58.3 Å². The van der Waals surface area contributed by atoms with Gasteiger partial charge in [-0.2, -0.15) is 0 Å². The van der Waals surface area contributed by atoms with Gasteiger partial charge in [-0.15, -0.1) is 0 Å². The van der Waals surface area contributed by atoms with E-state index in [-0.39, 0.29) is 57.5 Å². The molecule has 0 aromatic heterocycles. The van der Waals surface area contributed by atoms with Crippen molar-refractivity contribution in [3.63, 3.8) is 0 Å². The molecule has 0 amide bonds. The minimum atomic E-state index is -4.14. The third-order valence-electron chi connectivity index (χ3n) is 3.78. The predicted octanol–water partition coefficient (Wildman–Crippen LogP) is 0.596. The van der Waals surface area contributed by atoms with Crippen LogP contribution in [0, 0.1) is 0 Å². The van der Waals surface area contributed by atoms with Crippen molar-refractivity contribution >= 4 is 10.1 Å². The van der Waals surface area contributed by atoms with Gasteiger partial charge in [0.1, 0.15) is 0 Å². The van der Waals surface area contributed by atoms with Gasteiger partial charge in [-0.25, -0.2) is 8.42 Å². The summed E-state index contributed by atoms with van der Waals surface area (Å²) < 4.78 is 32.1. The van der Waals surface area contributed by atoms with Gasteiger partial charge >= 0.3 is 51.4 Å². The molecule has 21 heavy (non-hydrogen) atoms. The second-order valence-electron chi connectivity index (χ2n) is 5.80. The molecule has 0 heterocycles. The first kappa shape index (κ1) is 24.8. The molecule has 0 spiro atoms. The van der Waals surface area contributed by atoms with Crippen LogP contribution >= 0.6 is 0 Å². The zero-order chi connectivity index (χ0) is 15.4. The molecule has 2 atom stereocenters. The van der Waals surface area contributed by atoms with Gasteiger partial charge in [-0.05, 0) is 26.2 Å². The van der Waals surface area contributed by atoms with Crippen LogP contribution in [-0.4, -0.2) is 29.4 Å². The van der Waals surface area contributed by atoms with E-state index in [1.54, 1.807) is 0 Å². The Morgan fingerprint density at radius 2 is 1.33 bits per heavy atom. The number of aliphatic hydroxyl groups is 1. The Hall–Kier alpha value is 1.51. The van der Waals surface area contributed by atoms with Crippen molar-refractivity contribution < 1.29 is 69.5 Å². The molecule has 0 aliphatic rings. The summed E-state index contributed by atoms with van der Waals surface area (Å²) in [5.74, 6) is 0. The maximum Gasteiger partial charge on any atom is 1.00 e. The van der Waals surface area contributed by atoms with Crippen molar-refractivity contribution in [2.45, 2.75) is 95.8 Å². The largest absolute Gasteiger partial charge is 1.00 e. The number of hydrogen-bond donors (Lipinski definition) is 1. The quantitative estimate of drug-likeness (QED) is 0.301. The topological polar surface area (TPSA) is 77.4 Å². The Bertz CT molecular complexity index is 320. The fraction of sp³-hybridized carbons (Fsp3) is 1.00. The maximum atomic E-state index is 10.7. The van der Waals surface area contributed by atoms with Crippen molar-refractivity contribution in [2.24, 2.45) is 0 Å². The Morgan fingerprint density at radius 3 is 1.86 bits per heavy atom. The summed E-state index contributed by atoms with van der Waals surface area (Å²) in [7, 11) is -4.14. The van der Waals surface area contributed by atoms with E-state index < -0.39 is 15.4 Å². The van der Waals surface area contributed by atoms with Crippen LogP contribution in [0.1, 0.15) is 84.5 Å². The monoisotopic (exact) mass is 346 g/mol. The summed E-state index contributed by atoms with van der Waals surface area (Å²) in [6.07, 6.45) is 10.5. The minimum Gasteiger partial charge on any atom is -0.748 e. The van der Waals surface area contributed by atoms with Gasteiger partial charge in [-0.3, -0.25) is 0 Å². The molecule has 0 aromatic rings. The van der Waals surface area contributed by atoms with Gasteiger partial charge < -0.3 is 9.66 Å². The van der Waals surface area contributed by atoms with Crippen LogP contribution in [0.5, 0.6) is 0 Å². The van der Waals surface area contributed by atoms with E-state index >= 15 is 0 Å². The summed E-state index contributed by atoms with van der Waals surface area (Å²) in [5.41, 5.74) is 0. The smallest absolute Gasteiger partial charge is 0.748 e. The summed E-state index contributed by atoms with van der Waals surface area (Å²) in [6, 6.07) is 0. The molecule has 1 N–H and O–H groups in total. The van der Waals surface area contributed by atoms with Crippen LogP contribution in [0.2, 0.25) is 0 Å². The number of rotatable bonds is 13. The Kier molecular flexibility index (Phi) is 17.8. The van der Waals surface area contributed by atoms with Gasteiger partial charge in [0, 0.05) is 5.25 Å². The molecule has 0 saturated carbocycles. The first-order chi connectivity index (χ1) is 9.38. The van der Waals surface area contributed by atoms with Crippen LogP contribution in [0.3, 0.4) is 0 Å². The van der Waals surface area contributed by atoms with Crippen molar-refractivity contribution in [2.75, 3.05) is 0 Å². The molecule has 0 aromatic carbocycles. The molecular formula is C15H31KO4S. The zero-order valence-corrected chi connectivity index (χ0v) is 18.0. The molecule has 6 heteroatoms. The minimum absolute atomic E-state index is 0. The molecular weight excluding hydrogens is 315 g/mol. The Morgan fingerprint density at radius 1 is 0.905 bits per heavy atom. The van der Waals surface area contributed by atoms with Crippen molar-refractivity contribution in [1.29, 1.82) is 0 Å². The van der Waals surface area contributed by atoms with E-state index in [0.29, 0.717) is 19.3 Å². The van der Waals surface area contributed by atoms with Gasteiger partial charge in [0.05, 0.1) is 16.2 Å². The van der Waals surface area contributed by atoms with E-state index in [0.717, 1.165) is 19.3 Å². The molecule has 0 bridgehead atoms. The molecule has 0 aliphatic carbocycles. The molecule has 0 fully saturated rings. The normalized spacial score (nSPS) is 14.5. The summed E-state index contributed by atoms with van der Waals surface area (Å²) >= 11 is 0. The first-order valence-electron chi connectivity index (χ1n) is 8.00. The summed E-state index contributed by atoms with van der Waals surface area (Å²) in [5, 5.41) is 8.99. The molecule has 0 aliphatic heterocycles. The summed E-state index contributed by atoms with van der Waals surface area (Å²) in [4.78, 5) is 0. The third kappa shape index (κ3) is 16.2. The summed E-state index contributed by atoms with van der Waals surface area (Å²) in [6.45, 7) is 3.65. The fourth-order valence-corrected chi connectivity index (χ4v) is 2.72. The van der Waals surface area contributed by atoms with E-state index in [2.05, 4.69) is 6.92 Å². The van der Waals surface area contributed by atoms with Crippen LogP contribution in [0.4, 0.5) is 0 Å². The molecule has 4 nitrogen and oxygen atoms in total. The average Bonchev–Trinajstić information content (AvgIpc) is 2.37. The zero-order valence-electron chi connectivity index (χ0n) is 14.0. The second-order valence-corrected chi connectivity index (χ2v) is 7.59. The van der Waals surface area contributed by atoms with Gasteiger partial charge in [0.15, 0.2) is 0 Å². The second kappa shape index (κ2) is 15.1. The SMILES string of the molecule is CCCCCCCCC(O)CCCCC(C)S(=O)(=O)[O-].[K+]. The van der Waals surface area contributed by atoms with E-state index in [1.807, 2.05) is 0 Å². The van der Waals surface area contributed by atoms with Crippen LogP contribution < -0.4 is 51.4 Å². The fourth-order valence-electron chi connectivity index (χ4n) is 2.26. The molecule has 2 unspecified atom stereocenters. The van der Waals surface area contributed by atoms with E-state index in [9.17, 15) is 18.1 Å². The molecule has 0 rings (SSSR count). The van der Waals surface area contributed by atoms with Crippen molar-refractivity contribution in [1.82, 2.24) is 0 Å². The molecule has 0 saturated heterocycles. The third-order valence-corrected chi connectivity index (χ3v) is 5.00. The number of unbranched alkanes of at least 4 members (excludes halogenated alkanes) is 6. The van der Waals surface area contributed by atoms with E-state index in [4.69, 9.17) is 0 Å². The van der Waals surface area contributed by atoms with Gasteiger partial charge in [0.2, 0.25) is 0 Å². The standard InChI is InChI=1S/C15H32O4S.K/c1-3-4-5-6-7-8-12-15(16)13-10-9-11-14(2)20(17,18)19;/h14-16H,3-13H2,1-2H3,(H,17,18,19);/q;+1/p-1. The number of hydrogen-bond acceptors (Lipinski definition) is 4. The number of aliphatic hydroxyl groups excluding tert-OH is 1. The maximum absolute atomic E-state index is 10.7. The predicted molar refractivity (Wildman–Crippen MR) is 81.6 cm³/mol. The van der Waals surface area contributed by atoms with Crippen molar-refractivity contribution in [3.8, 4) is 0 Å². The van der Waals surface area contributed by atoms with Gasteiger partial charge in [0.25, 0.3) is 0 Å². The Labute approximate surface area is 173 Å². The average molecular weight is 347 g/mol. The van der Waals surface area contributed by atoms with E-state index in [1.165, 1.54) is 39.0 Å². The molecule has 0 radical (unpaired) electrons. The van der Waals surface area contributed by atoms with Crippen LogP contribution in [-0.2, 0) is 10.1 Å². The Balaban J connectivity index is 0. The van der Waals surface area contributed by atoms with Crippen LogP contribution in [0.25, 0.3) is 0 Å². The van der Waals surface area contributed by atoms with Crippen LogP contribution in [0.15, 0.2) is 0 Å². The van der Waals surface area contributed by atoms with Crippen molar-refractivity contribution in [3.05, 3.63) is 0 Å². The molecule has 122 valence electrons. The first-order valence-corrected chi connectivity index (χ1v) is 9.47.